The van der Waals surface area contributed by atoms with E-state index in [-0.39, 0.29) is 74.6 Å². The molecule has 0 unspecified atom stereocenters. The fourth-order valence-corrected chi connectivity index (χ4v) is 10.7. The fourth-order valence-electron chi connectivity index (χ4n) is 10.7. The number of nitrogens with one attached hydrogen (secondary N) is 9. The predicted molar refractivity (Wildman–Crippen MR) is 319 cm³/mol. The van der Waals surface area contributed by atoms with Crippen LogP contribution < -0.4 is 59.3 Å². The van der Waals surface area contributed by atoms with E-state index >= 15 is 0 Å². The van der Waals surface area contributed by atoms with Gasteiger partial charge in [-0.15, -0.1) is 0 Å². The number of phenolic OH excluding ortho intramolecular Hbond substituents is 1. The Morgan fingerprint density at radius 2 is 1.05 bits per heavy atom. The smallest absolute Gasteiger partial charge is 0.248 e. The van der Waals surface area contributed by atoms with Crippen LogP contribution in [-0.4, -0.2) is 160 Å². The molecular formula is C60H100N12O13. The van der Waals surface area contributed by atoms with Gasteiger partial charge in [-0.2, -0.15) is 0 Å². The predicted octanol–water partition coefficient (Wildman–Crippen LogP) is 0.698. The second kappa shape index (κ2) is 35.5. The number of aliphatic hydroxyl groups excluding tert-OH is 1. The van der Waals surface area contributed by atoms with Crippen molar-refractivity contribution in [1.29, 1.82) is 0 Å². The molecule has 15 N–H and O–H groups in total. The van der Waals surface area contributed by atoms with Gasteiger partial charge in [-0.25, -0.2) is 0 Å². The zero-order valence-electron chi connectivity index (χ0n) is 51.8. The SMILES string of the molecule is CC(=O)N[C@@H](CC(C)C)C(=O)N[C@@H](C)C(=O)N[C@@H](CC(C)C)C(=O)N[C@@H](CCCCN)C(=O)N[C@@H](Cc1ccc(O)cc1)C(=O)N[C@@H](CC(C)C)C(=O)N[C@H](C(=O)N[C@H](C(=O)N1CCC[C@H]1C(=O)N[C@H](C(N)=O)C(C)C)[C@@H](C)O)C1CCCCC1. The van der Waals surface area contributed by atoms with E-state index in [4.69, 9.17) is 11.5 Å². The summed E-state index contributed by atoms with van der Waals surface area (Å²) < 4.78 is 0. The third kappa shape index (κ3) is 24.2. The molecule has 478 valence electrons. The number of unbranched alkanes of at least 4 members (excludes halogenated alkanes) is 1. The molecule has 11 amide bonds. The first-order valence-corrected chi connectivity index (χ1v) is 30.4. The topological polar surface area (TPSA) is 392 Å². The number of hydrogen-bond donors (Lipinski definition) is 13. The van der Waals surface area contributed by atoms with Crippen LogP contribution in [0.5, 0.6) is 5.75 Å². The van der Waals surface area contributed by atoms with Crippen molar-refractivity contribution in [2.45, 2.75) is 233 Å². The van der Waals surface area contributed by atoms with Gasteiger partial charge in [-0.05, 0) is 132 Å². The average Bonchev–Trinajstić information content (AvgIpc) is 4.01. The first-order chi connectivity index (χ1) is 39.9. The summed E-state index contributed by atoms with van der Waals surface area (Å²) >= 11 is 0. The van der Waals surface area contributed by atoms with Crippen molar-refractivity contribution < 1.29 is 63.0 Å². The molecule has 1 aromatic rings. The number of carbonyl (C=O) groups excluding carboxylic acids is 11. The van der Waals surface area contributed by atoms with E-state index in [0.717, 1.165) is 19.3 Å². The monoisotopic (exact) mass is 1200 g/mol. The van der Waals surface area contributed by atoms with E-state index in [1.165, 1.54) is 37.8 Å². The van der Waals surface area contributed by atoms with Crippen molar-refractivity contribution in [3.63, 3.8) is 0 Å². The first-order valence-electron chi connectivity index (χ1n) is 30.4. The third-order valence-electron chi connectivity index (χ3n) is 15.3. The van der Waals surface area contributed by atoms with Crippen molar-refractivity contribution in [3.8, 4) is 5.75 Å². The Bertz CT molecular complexity index is 2410. The molecule has 25 heteroatoms. The fraction of sp³-hybridized carbons (Fsp3) is 0.717. The lowest BCUT2D eigenvalue weighted by Gasteiger charge is -2.35. The van der Waals surface area contributed by atoms with Gasteiger partial charge < -0.3 is 74.4 Å². The number of likely N-dealkylation sites (tertiary alicyclic amines) is 1. The Hall–Kier alpha value is -6.89. The molecule has 1 aromatic carbocycles. The Labute approximate surface area is 501 Å². The molecular weight excluding hydrogens is 1100 g/mol. The molecule has 0 radical (unpaired) electrons. The zero-order valence-corrected chi connectivity index (χ0v) is 51.8. The average molecular weight is 1200 g/mol. The maximum atomic E-state index is 14.8. The van der Waals surface area contributed by atoms with Gasteiger partial charge in [-0.3, -0.25) is 52.7 Å². The number of nitrogens with zero attached hydrogens (tertiary/aromatic N) is 1. The number of aromatic hydroxyl groups is 1. The van der Waals surface area contributed by atoms with Gasteiger partial charge in [0.1, 0.15) is 66.2 Å². The highest BCUT2D eigenvalue weighted by Gasteiger charge is 2.43. The van der Waals surface area contributed by atoms with E-state index in [9.17, 15) is 63.0 Å². The lowest BCUT2D eigenvalue weighted by molar-refractivity contribution is -0.145. The molecule has 85 heavy (non-hydrogen) atoms. The van der Waals surface area contributed by atoms with Crippen LogP contribution in [0, 0.1) is 29.6 Å². The maximum absolute atomic E-state index is 14.8. The molecule has 1 saturated heterocycles. The van der Waals surface area contributed by atoms with E-state index in [2.05, 4.69) is 47.9 Å². The van der Waals surface area contributed by atoms with Crippen molar-refractivity contribution in [2.75, 3.05) is 13.1 Å². The number of carbonyl (C=O) groups is 11. The summed E-state index contributed by atoms with van der Waals surface area (Å²) in [6, 6.07) is -6.11. The molecule has 0 aromatic heterocycles. The summed E-state index contributed by atoms with van der Waals surface area (Å²) in [6.07, 6.45) is 3.89. The minimum Gasteiger partial charge on any atom is -0.508 e. The number of hydrogen-bond acceptors (Lipinski definition) is 14. The van der Waals surface area contributed by atoms with Gasteiger partial charge >= 0.3 is 0 Å². The molecule has 2 fully saturated rings. The summed E-state index contributed by atoms with van der Waals surface area (Å²) in [5.41, 5.74) is 11.9. The van der Waals surface area contributed by atoms with Crippen LogP contribution in [0.2, 0.25) is 0 Å². The number of nitrogens with two attached hydrogens (primary N) is 2. The zero-order chi connectivity index (χ0) is 63.8. The molecule has 1 aliphatic heterocycles. The van der Waals surface area contributed by atoms with Crippen LogP contribution in [0.1, 0.15) is 165 Å². The summed E-state index contributed by atoms with van der Waals surface area (Å²) in [7, 11) is 0. The molecule has 0 bridgehead atoms. The highest BCUT2D eigenvalue weighted by atomic mass is 16.3. The molecule has 3 rings (SSSR count). The Morgan fingerprint density at radius 3 is 1.56 bits per heavy atom. The van der Waals surface area contributed by atoms with Gasteiger partial charge in [0.05, 0.1) is 6.10 Å². The third-order valence-corrected chi connectivity index (χ3v) is 15.3. The summed E-state index contributed by atoms with van der Waals surface area (Å²) in [5, 5.41) is 45.7. The Kier molecular flexibility index (Phi) is 30.3. The number of phenols is 1. The lowest BCUT2D eigenvalue weighted by atomic mass is 9.83. The van der Waals surface area contributed by atoms with Crippen LogP contribution in [0.4, 0.5) is 0 Å². The van der Waals surface area contributed by atoms with Gasteiger partial charge in [0.2, 0.25) is 65.0 Å². The second-order valence-corrected chi connectivity index (χ2v) is 24.7. The minimum absolute atomic E-state index is 0.0355. The van der Waals surface area contributed by atoms with Crippen molar-refractivity contribution >= 4 is 65.0 Å². The summed E-state index contributed by atoms with van der Waals surface area (Å²) in [4.78, 5) is 153. The normalized spacial score (nSPS) is 18.1. The van der Waals surface area contributed by atoms with E-state index in [0.29, 0.717) is 44.1 Å². The van der Waals surface area contributed by atoms with Crippen LogP contribution >= 0.6 is 0 Å². The largest absolute Gasteiger partial charge is 0.508 e. The van der Waals surface area contributed by atoms with Crippen molar-refractivity contribution in [3.05, 3.63) is 29.8 Å². The molecule has 2 aliphatic rings. The van der Waals surface area contributed by atoms with E-state index < -0.39 is 137 Å². The van der Waals surface area contributed by atoms with Crippen LogP contribution in [0.15, 0.2) is 24.3 Å². The van der Waals surface area contributed by atoms with Crippen LogP contribution in [0.3, 0.4) is 0 Å². The summed E-state index contributed by atoms with van der Waals surface area (Å²) in [5.74, 6) is -8.74. The molecule has 11 atom stereocenters. The number of benzene rings is 1. The van der Waals surface area contributed by atoms with Crippen molar-refractivity contribution in [2.24, 2.45) is 41.1 Å². The number of primary amides is 1. The van der Waals surface area contributed by atoms with Crippen LogP contribution in [-0.2, 0) is 59.2 Å². The highest BCUT2D eigenvalue weighted by Crippen LogP contribution is 2.28. The van der Waals surface area contributed by atoms with Crippen LogP contribution in [0.25, 0.3) is 0 Å². The van der Waals surface area contributed by atoms with E-state index in [1.54, 1.807) is 26.0 Å². The minimum atomic E-state index is -1.55. The molecule has 25 nitrogen and oxygen atoms in total. The Morgan fingerprint density at radius 1 is 0.553 bits per heavy atom. The number of rotatable bonds is 34. The van der Waals surface area contributed by atoms with E-state index in [1.807, 2.05) is 41.5 Å². The standard InChI is InChI=1S/C60H100N12O13/c1-32(2)28-43(64-38(11)74)54(79)63-36(9)52(77)66-44(29-33(3)4)55(80)65-42(20-15-16-26-61)53(78)68-46(31-39-22-24-41(75)25-23-39)56(81)67-45(30-34(5)6)57(82)71-50(40-18-13-12-14-19-40)59(84)70-49(37(10)73)60(85)72-27-17-21-47(72)58(83)69-48(35(7)8)51(62)76/h22-25,32-37,40,42-50,73,75H,12-21,26-31,61H2,1-11H3,(H2,62,76)(H,63,79)(H,64,74)(H,65,80)(H,66,77)(H,67,81)(H,68,78)(H,69,83)(H,70,84)(H,71,82)/t36-,37+,42-,43-,44-,45-,46-,47-,48-,49-,50-/m0/s1. The Balaban J connectivity index is 1.95. The molecule has 1 saturated carbocycles. The first kappa shape index (κ1) is 72.4. The summed E-state index contributed by atoms with van der Waals surface area (Å²) in [6.45, 7) is 18.9. The lowest BCUT2D eigenvalue weighted by Crippen LogP contribution is -2.63. The molecule has 1 aliphatic carbocycles. The quantitative estimate of drug-likeness (QED) is 0.0423. The van der Waals surface area contributed by atoms with Gasteiger partial charge in [-0.1, -0.05) is 86.8 Å². The number of amides is 11. The van der Waals surface area contributed by atoms with Crippen molar-refractivity contribution in [1.82, 2.24) is 52.8 Å². The van der Waals surface area contributed by atoms with Gasteiger partial charge in [0, 0.05) is 19.9 Å². The number of aliphatic hydroxyl groups is 1. The maximum Gasteiger partial charge on any atom is 0.248 e. The molecule has 1 heterocycles. The van der Waals surface area contributed by atoms with Gasteiger partial charge in [0.25, 0.3) is 0 Å². The highest BCUT2D eigenvalue weighted by molar-refractivity contribution is 5.99. The second-order valence-electron chi connectivity index (χ2n) is 24.7. The molecule has 0 spiro atoms. The van der Waals surface area contributed by atoms with Gasteiger partial charge in [0.15, 0.2) is 0 Å².